The Bertz CT molecular complexity index is 456. The molecule has 1 unspecified atom stereocenters. The number of nitrogens with zero attached hydrogens (tertiary/aromatic N) is 1. The van der Waals surface area contributed by atoms with Gasteiger partial charge in [0.15, 0.2) is 0 Å². The van der Waals surface area contributed by atoms with Gasteiger partial charge in [0.05, 0.1) is 0 Å². The molecule has 2 rings (SSSR count). The zero-order valence-corrected chi connectivity index (χ0v) is 13.9. The van der Waals surface area contributed by atoms with Crippen molar-refractivity contribution in [3.05, 3.63) is 28.8 Å². The van der Waals surface area contributed by atoms with Crippen LogP contribution in [0.4, 0.5) is 5.69 Å². The molecule has 2 nitrogen and oxygen atoms in total. The Morgan fingerprint density at radius 3 is 2.75 bits per heavy atom. The molecular formula is C17H27ClN2. The quantitative estimate of drug-likeness (QED) is 0.870. The first-order chi connectivity index (χ1) is 9.43. The summed E-state index contributed by atoms with van der Waals surface area (Å²) in [5, 5.41) is 4.29. The lowest BCUT2D eigenvalue weighted by Crippen LogP contribution is -2.40. The normalized spacial score (nSPS) is 19.9. The van der Waals surface area contributed by atoms with E-state index in [4.69, 9.17) is 11.6 Å². The third-order valence-corrected chi connectivity index (χ3v) is 4.55. The Balaban J connectivity index is 2.16. The first-order valence-corrected chi connectivity index (χ1v) is 8.08. The van der Waals surface area contributed by atoms with Crippen LogP contribution in [0.25, 0.3) is 0 Å². The fraction of sp³-hybridized carbons (Fsp3) is 0.647. The van der Waals surface area contributed by atoms with Crippen molar-refractivity contribution >= 4 is 17.3 Å². The zero-order valence-electron chi connectivity index (χ0n) is 13.2. The van der Waals surface area contributed by atoms with E-state index in [1.54, 1.807) is 0 Å². The summed E-state index contributed by atoms with van der Waals surface area (Å²) in [7, 11) is 0. The zero-order chi connectivity index (χ0) is 14.8. The van der Waals surface area contributed by atoms with Crippen molar-refractivity contribution in [3.8, 4) is 0 Å². The van der Waals surface area contributed by atoms with Gasteiger partial charge in [-0.2, -0.15) is 0 Å². The molecule has 0 radical (unpaired) electrons. The number of anilines is 1. The van der Waals surface area contributed by atoms with Crippen molar-refractivity contribution in [1.82, 2.24) is 5.32 Å². The Morgan fingerprint density at radius 1 is 1.40 bits per heavy atom. The molecule has 0 aliphatic carbocycles. The van der Waals surface area contributed by atoms with Gasteiger partial charge >= 0.3 is 0 Å². The van der Waals surface area contributed by atoms with Crippen LogP contribution >= 0.6 is 11.6 Å². The number of rotatable bonds is 4. The van der Waals surface area contributed by atoms with E-state index in [9.17, 15) is 0 Å². The van der Waals surface area contributed by atoms with Crippen LogP contribution in [0.15, 0.2) is 18.2 Å². The molecule has 1 atom stereocenters. The predicted octanol–water partition coefficient (Wildman–Crippen LogP) is 4.64. The van der Waals surface area contributed by atoms with Crippen LogP contribution in [0.1, 0.15) is 52.1 Å². The van der Waals surface area contributed by atoms with Crippen molar-refractivity contribution in [2.75, 3.05) is 24.5 Å². The van der Waals surface area contributed by atoms with Crippen molar-refractivity contribution < 1.29 is 0 Å². The van der Waals surface area contributed by atoms with Crippen LogP contribution < -0.4 is 10.2 Å². The second-order valence-corrected chi connectivity index (χ2v) is 7.08. The lowest BCUT2D eigenvalue weighted by atomic mass is 9.84. The van der Waals surface area contributed by atoms with Gasteiger partial charge in [-0.05, 0) is 49.4 Å². The highest BCUT2D eigenvalue weighted by Gasteiger charge is 2.26. The van der Waals surface area contributed by atoms with Crippen molar-refractivity contribution in [2.24, 2.45) is 5.41 Å². The molecule has 0 amide bonds. The van der Waals surface area contributed by atoms with Gasteiger partial charge in [0.25, 0.3) is 0 Å². The standard InChI is InChI=1S/C17H27ClN2/c1-5-19-13(2)15-8-7-14(11-16(15)18)20-10-6-9-17(3,4)12-20/h7-8,11,13,19H,5-6,9-10,12H2,1-4H3. The fourth-order valence-electron chi connectivity index (χ4n) is 3.12. The number of halogens is 1. The van der Waals surface area contributed by atoms with E-state index in [2.05, 4.69) is 56.1 Å². The molecule has 1 fully saturated rings. The maximum Gasteiger partial charge on any atom is 0.0474 e. The Kier molecular flexibility index (Phi) is 4.98. The topological polar surface area (TPSA) is 15.3 Å². The van der Waals surface area contributed by atoms with E-state index in [0.29, 0.717) is 11.5 Å². The average Bonchev–Trinajstić information content (AvgIpc) is 2.37. The molecule has 1 aromatic carbocycles. The summed E-state index contributed by atoms with van der Waals surface area (Å²) in [6, 6.07) is 6.83. The minimum Gasteiger partial charge on any atom is -0.371 e. The number of nitrogens with one attached hydrogen (secondary N) is 1. The van der Waals surface area contributed by atoms with Gasteiger partial charge < -0.3 is 10.2 Å². The van der Waals surface area contributed by atoms with Gasteiger partial charge in [-0.25, -0.2) is 0 Å². The van der Waals surface area contributed by atoms with Crippen molar-refractivity contribution in [2.45, 2.75) is 46.6 Å². The minimum absolute atomic E-state index is 0.305. The van der Waals surface area contributed by atoms with Gasteiger partial charge in [-0.15, -0.1) is 0 Å². The fourth-order valence-corrected chi connectivity index (χ4v) is 3.46. The van der Waals surface area contributed by atoms with Crippen LogP contribution in [0.2, 0.25) is 5.02 Å². The van der Waals surface area contributed by atoms with E-state index in [-0.39, 0.29) is 0 Å². The minimum atomic E-state index is 0.305. The average molecular weight is 295 g/mol. The number of hydrogen-bond donors (Lipinski definition) is 1. The molecular weight excluding hydrogens is 268 g/mol. The van der Waals surface area contributed by atoms with Crippen LogP contribution in [0.5, 0.6) is 0 Å². The van der Waals surface area contributed by atoms with Gasteiger partial charge in [-0.1, -0.05) is 38.4 Å². The maximum atomic E-state index is 6.48. The highest BCUT2D eigenvalue weighted by atomic mass is 35.5. The smallest absolute Gasteiger partial charge is 0.0474 e. The van der Waals surface area contributed by atoms with Gasteiger partial charge in [0, 0.05) is 29.8 Å². The van der Waals surface area contributed by atoms with Gasteiger partial charge in [0.1, 0.15) is 0 Å². The van der Waals surface area contributed by atoms with E-state index in [0.717, 1.165) is 24.7 Å². The molecule has 3 heteroatoms. The highest BCUT2D eigenvalue weighted by Crippen LogP contribution is 2.34. The van der Waals surface area contributed by atoms with E-state index in [1.807, 2.05) is 0 Å². The van der Waals surface area contributed by atoms with Crippen LogP contribution in [-0.2, 0) is 0 Å². The third kappa shape index (κ3) is 3.67. The molecule has 1 heterocycles. The molecule has 0 bridgehead atoms. The largest absolute Gasteiger partial charge is 0.371 e. The lowest BCUT2D eigenvalue weighted by Gasteiger charge is -2.39. The van der Waals surface area contributed by atoms with Gasteiger partial charge in [-0.3, -0.25) is 0 Å². The summed E-state index contributed by atoms with van der Waals surface area (Å²) in [5.41, 5.74) is 2.85. The Morgan fingerprint density at radius 2 is 2.15 bits per heavy atom. The summed E-state index contributed by atoms with van der Waals surface area (Å²) in [6.07, 6.45) is 2.58. The number of piperidine rings is 1. The lowest BCUT2D eigenvalue weighted by molar-refractivity contribution is 0.293. The molecule has 0 aromatic heterocycles. The van der Waals surface area contributed by atoms with Crippen LogP contribution in [0.3, 0.4) is 0 Å². The second kappa shape index (κ2) is 6.36. The molecule has 1 aromatic rings. The second-order valence-electron chi connectivity index (χ2n) is 6.67. The summed E-state index contributed by atoms with van der Waals surface area (Å²) in [6.45, 7) is 12.2. The number of benzene rings is 1. The first kappa shape index (κ1) is 15.7. The number of hydrogen-bond acceptors (Lipinski definition) is 2. The van der Waals surface area contributed by atoms with Crippen LogP contribution in [0, 0.1) is 5.41 Å². The summed E-state index contributed by atoms with van der Waals surface area (Å²) in [5.74, 6) is 0. The van der Waals surface area contributed by atoms with Crippen molar-refractivity contribution in [1.29, 1.82) is 0 Å². The SMILES string of the molecule is CCNC(C)c1ccc(N2CCCC(C)(C)C2)cc1Cl. The van der Waals surface area contributed by atoms with E-state index >= 15 is 0 Å². The van der Waals surface area contributed by atoms with Crippen molar-refractivity contribution in [3.63, 3.8) is 0 Å². The highest BCUT2D eigenvalue weighted by molar-refractivity contribution is 6.31. The van der Waals surface area contributed by atoms with Crippen LogP contribution in [-0.4, -0.2) is 19.6 Å². The molecule has 1 aliphatic rings. The Hall–Kier alpha value is -0.730. The molecule has 1 N–H and O–H groups in total. The Labute approximate surface area is 128 Å². The van der Waals surface area contributed by atoms with Gasteiger partial charge in [0.2, 0.25) is 0 Å². The molecule has 1 aliphatic heterocycles. The molecule has 1 saturated heterocycles. The summed E-state index contributed by atoms with van der Waals surface area (Å²) < 4.78 is 0. The monoisotopic (exact) mass is 294 g/mol. The molecule has 0 spiro atoms. The third-order valence-electron chi connectivity index (χ3n) is 4.23. The maximum absolute atomic E-state index is 6.48. The predicted molar refractivity (Wildman–Crippen MR) is 88.8 cm³/mol. The molecule has 20 heavy (non-hydrogen) atoms. The summed E-state index contributed by atoms with van der Waals surface area (Å²) in [4.78, 5) is 2.47. The summed E-state index contributed by atoms with van der Waals surface area (Å²) >= 11 is 6.48. The van der Waals surface area contributed by atoms with E-state index < -0.39 is 0 Å². The molecule has 0 saturated carbocycles. The molecule has 112 valence electrons. The first-order valence-electron chi connectivity index (χ1n) is 7.71. The van der Waals surface area contributed by atoms with E-state index in [1.165, 1.54) is 24.1 Å².